The first-order valence-electron chi connectivity index (χ1n) is 5.09. The van der Waals surface area contributed by atoms with Gasteiger partial charge in [0, 0.05) is 17.9 Å². The van der Waals surface area contributed by atoms with Gasteiger partial charge >= 0.3 is 0 Å². The molecule has 0 amide bonds. The van der Waals surface area contributed by atoms with Crippen molar-refractivity contribution in [3.63, 3.8) is 0 Å². The lowest BCUT2D eigenvalue weighted by Gasteiger charge is -2.14. The second kappa shape index (κ2) is 6.66. The van der Waals surface area contributed by atoms with Crippen molar-refractivity contribution in [3.8, 4) is 0 Å². The summed E-state index contributed by atoms with van der Waals surface area (Å²) in [4.78, 5) is 13.7. The van der Waals surface area contributed by atoms with E-state index in [9.17, 15) is 9.18 Å². The van der Waals surface area contributed by atoms with Gasteiger partial charge in [-0.3, -0.25) is 9.69 Å². The fourth-order valence-corrected chi connectivity index (χ4v) is 1.82. The standard InChI is InChI=1S/C12H16FNOS/c1-14(6-7-16-2)9-12(15)10-4-3-5-11(13)8-10/h3-5,8H,6-7,9H2,1-2H3. The number of Topliss-reactive ketones (excluding diaryl/α,β-unsaturated/α-hetero) is 1. The first kappa shape index (κ1) is 13.2. The number of halogens is 1. The van der Waals surface area contributed by atoms with Crippen molar-refractivity contribution in [2.24, 2.45) is 0 Å². The van der Waals surface area contributed by atoms with Gasteiger partial charge < -0.3 is 0 Å². The van der Waals surface area contributed by atoms with Crippen LogP contribution < -0.4 is 0 Å². The fraction of sp³-hybridized carbons (Fsp3) is 0.417. The molecule has 1 rings (SSSR count). The minimum absolute atomic E-state index is 0.0388. The zero-order valence-electron chi connectivity index (χ0n) is 9.57. The smallest absolute Gasteiger partial charge is 0.176 e. The molecule has 0 unspecified atom stereocenters. The topological polar surface area (TPSA) is 20.3 Å². The normalized spacial score (nSPS) is 10.8. The Hall–Kier alpha value is -0.870. The van der Waals surface area contributed by atoms with E-state index in [1.165, 1.54) is 12.1 Å². The first-order valence-corrected chi connectivity index (χ1v) is 6.49. The largest absolute Gasteiger partial charge is 0.298 e. The highest BCUT2D eigenvalue weighted by molar-refractivity contribution is 7.98. The molecule has 0 fully saturated rings. The summed E-state index contributed by atoms with van der Waals surface area (Å²) in [5, 5.41) is 0. The summed E-state index contributed by atoms with van der Waals surface area (Å²) in [5.74, 6) is 0.591. The van der Waals surface area contributed by atoms with Crippen LogP contribution >= 0.6 is 11.8 Å². The first-order chi connectivity index (χ1) is 7.63. The molecule has 0 radical (unpaired) electrons. The Balaban J connectivity index is 2.52. The molecule has 88 valence electrons. The van der Waals surface area contributed by atoms with Crippen molar-refractivity contribution in [1.29, 1.82) is 0 Å². The van der Waals surface area contributed by atoms with Crippen LogP contribution in [0.2, 0.25) is 0 Å². The monoisotopic (exact) mass is 241 g/mol. The van der Waals surface area contributed by atoms with Crippen LogP contribution in [0.1, 0.15) is 10.4 Å². The lowest BCUT2D eigenvalue weighted by Crippen LogP contribution is -2.28. The van der Waals surface area contributed by atoms with Crippen molar-refractivity contribution in [3.05, 3.63) is 35.6 Å². The number of carbonyl (C=O) groups is 1. The van der Waals surface area contributed by atoms with Crippen molar-refractivity contribution in [2.75, 3.05) is 32.1 Å². The predicted molar refractivity (Wildman–Crippen MR) is 66.6 cm³/mol. The Morgan fingerprint density at radius 3 is 2.88 bits per heavy atom. The lowest BCUT2D eigenvalue weighted by molar-refractivity contribution is 0.0949. The Morgan fingerprint density at radius 1 is 1.50 bits per heavy atom. The van der Waals surface area contributed by atoms with Gasteiger partial charge in [-0.25, -0.2) is 4.39 Å². The molecule has 0 aromatic heterocycles. The van der Waals surface area contributed by atoms with E-state index in [0.29, 0.717) is 12.1 Å². The zero-order valence-corrected chi connectivity index (χ0v) is 10.4. The number of hydrogen-bond acceptors (Lipinski definition) is 3. The summed E-state index contributed by atoms with van der Waals surface area (Å²) in [6.45, 7) is 1.20. The number of hydrogen-bond donors (Lipinski definition) is 0. The van der Waals surface area contributed by atoms with E-state index >= 15 is 0 Å². The van der Waals surface area contributed by atoms with Crippen molar-refractivity contribution in [2.45, 2.75) is 0 Å². The maximum Gasteiger partial charge on any atom is 0.176 e. The molecular weight excluding hydrogens is 225 g/mol. The van der Waals surface area contributed by atoms with Crippen LogP contribution in [0, 0.1) is 5.82 Å². The summed E-state index contributed by atoms with van der Waals surface area (Å²) >= 11 is 1.74. The van der Waals surface area contributed by atoms with E-state index in [1.807, 2.05) is 18.2 Å². The summed E-state index contributed by atoms with van der Waals surface area (Å²) in [7, 11) is 1.90. The maximum atomic E-state index is 12.9. The fourth-order valence-electron chi connectivity index (χ4n) is 1.32. The van der Waals surface area contributed by atoms with Gasteiger partial charge in [0.1, 0.15) is 5.82 Å². The van der Waals surface area contributed by atoms with Crippen molar-refractivity contribution >= 4 is 17.5 Å². The molecule has 0 heterocycles. The van der Waals surface area contributed by atoms with Crippen LogP contribution in [-0.4, -0.2) is 42.8 Å². The minimum Gasteiger partial charge on any atom is -0.298 e. The van der Waals surface area contributed by atoms with Gasteiger partial charge in [0.15, 0.2) is 5.78 Å². The zero-order chi connectivity index (χ0) is 12.0. The summed E-state index contributed by atoms with van der Waals surface area (Å²) in [6, 6.07) is 5.83. The van der Waals surface area contributed by atoms with Gasteiger partial charge in [0.25, 0.3) is 0 Å². The van der Waals surface area contributed by atoms with Crippen molar-refractivity contribution in [1.82, 2.24) is 4.90 Å². The summed E-state index contributed by atoms with van der Waals surface area (Å²) < 4.78 is 12.9. The number of benzene rings is 1. The minimum atomic E-state index is -0.363. The lowest BCUT2D eigenvalue weighted by atomic mass is 10.1. The van der Waals surface area contributed by atoms with Crippen LogP contribution in [0.25, 0.3) is 0 Å². The third kappa shape index (κ3) is 4.33. The van der Waals surface area contributed by atoms with E-state index in [1.54, 1.807) is 23.9 Å². The molecule has 0 bridgehead atoms. The highest BCUT2D eigenvalue weighted by Gasteiger charge is 2.09. The Bertz CT molecular complexity index is 357. The van der Waals surface area contributed by atoms with Gasteiger partial charge in [-0.1, -0.05) is 12.1 Å². The predicted octanol–water partition coefficient (Wildman–Crippen LogP) is 2.30. The average molecular weight is 241 g/mol. The SMILES string of the molecule is CSCCN(C)CC(=O)c1cccc(F)c1. The highest BCUT2D eigenvalue weighted by atomic mass is 32.2. The molecule has 0 spiro atoms. The maximum absolute atomic E-state index is 12.9. The Kier molecular flexibility index (Phi) is 5.49. The number of carbonyl (C=O) groups excluding carboxylic acids is 1. The molecule has 1 aromatic carbocycles. The van der Waals surface area contributed by atoms with Crippen LogP contribution in [0.4, 0.5) is 4.39 Å². The molecule has 16 heavy (non-hydrogen) atoms. The molecule has 0 atom stereocenters. The van der Waals surface area contributed by atoms with Gasteiger partial charge in [0.2, 0.25) is 0 Å². The highest BCUT2D eigenvalue weighted by Crippen LogP contribution is 2.05. The van der Waals surface area contributed by atoms with Crippen LogP contribution in [0.5, 0.6) is 0 Å². The summed E-state index contributed by atoms with van der Waals surface area (Å²) in [6.07, 6.45) is 2.03. The molecule has 1 aromatic rings. The molecule has 0 saturated carbocycles. The molecule has 0 aliphatic heterocycles. The molecular formula is C12H16FNOS. The number of likely N-dealkylation sites (N-methyl/N-ethyl adjacent to an activating group) is 1. The van der Waals surface area contributed by atoms with E-state index in [0.717, 1.165) is 12.3 Å². The van der Waals surface area contributed by atoms with Crippen LogP contribution in [0.15, 0.2) is 24.3 Å². The quantitative estimate of drug-likeness (QED) is 0.713. The second-order valence-corrected chi connectivity index (χ2v) is 4.65. The van der Waals surface area contributed by atoms with Crippen LogP contribution in [0.3, 0.4) is 0 Å². The number of nitrogens with zero attached hydrogens (tertiary/aromatic N) is 1. The molecule has 0 aliphatic rings. The van der Waals surface area contributed by atoms with Gasteiger partial charge in [-0.05, 0) is 25.4 Å². The van der Waals surface area contributed by atoms with Gasteiger partial charge in [0.05, 0.1) is 6.54 Å². The molecule has 4 heteroatoms. The van der Waals surface area contributed by atoms with E-state index < -0.39 is 0 Å². The Labute approximate surface area is 99.8 Å². The van der Waals surface area contributed by atoms with E-state index in [4.69, 9.17) is 0 Å². The van der Waals surface area contributed by atoms with Crippen molar-refractivity contribution < 1.29 is 9.18 Å². The number of rotatable bonds is 6. The third-order valence-corrected chi connectivity index (χ3v) is 2.83. The molecule has 0 aliphatic carbocycles. The van der Waals surface area contributed by atoms with Gasteiger partial charge in [-0.2, -0.15) is 11.8 Å². The van der Waals surface area contributed by atoms with Gasteiger partial charge in [-0.15, -0.1) is 0 Å². The molecule has 0 saturated heterocycles. The Morgan fingerprint density at radius 2 is 2.25 bits per heavy atom. The third-order valence-electron chi connectivity index (χ3n) is 2.24. The van der Waals surface area contributed by atoms with E-state index in [2.05, 4.69) is 0 Å². The summed E-state index contributed by atoms with van der Waals surface area (Å²) in [5.41, 5.74) is 0.441. The average Bonchev–Trinajstić information content (AvgIpc) is 2.26. The van der Waals surface area contributed by atoms with Crippen LogP contribution in [-0.2, 0) is 0 Å². The van der Waals surface area contributed by atoms with E-state index in [-0.39, 0.29) is 11.6 Å². The molecule has 0 N–H and O–H groups in total. The second-order valence-electron chi connectivity index (χ2n) is 3.66. The number of ketones is 1. The number of thioether (sulfide) groups is 1. The molecule has 2 nitrogen and oxygen atoms in total.